The molecule has 0 unspecified atom stereocenters. The second-order valence-electron chi connectivity index (χ2n) is 2.91. The molecule has 1 amide bonds. The SMILES string of the molecule is O=C(Nc1ncn[nH]1)c1cc(I)ccc1Br. The van der Waals surface area contributed by atoms with Crippen molar-refractivity contribution in [1.29, 1.82) is 0 Å². The van der Waals surface area contributed by atoms with Crippen LogP contribution in [0.1, 0.15) is 10.4 Å². The fourth-order valence-corrected chi connectivity index (χ4v) is 2.03. The van der Waals surface area contributed by atoms with E-state index in [0.29, 0.717) is 11.5 Å². The Morgan fingerprint density at radius 2 is 2.31 bits per heavy atom. The van der Waals surface area contributed by atoms with Gasteiger partial charge in [0.25, 0.3) is 5.91 Å². The summed E-state index contributed by atoms with van der Waals surface area (Å²) in [7, 11) is 0. The summed E-state index contributed by atoms with van der Waals surface area (Å²) in [6.07, 6.45) is 1.33. The average molecular weight is 393 g/mol. The maximum absolute atomic E-state index is 11.9. The van der Waals surface area contributed by atoms with Gasteiger partial charge in [0.1, 0.15) is 6.33 Å². The molecule has 2 aromatic rings. The van der Waals surface area contributed by atoms with E-state index in [2.05, 4.69) is 59.0 Å². The van der Waals surface area contributed by atoms with Gasteiger partial charge in [-0.15, -0.1) is 0 Å². The molecule has 1 aromatic carbocycles. The van der Waals surface area contributed by atoms with Crippen molar-refractivity contribution in [3.05, 3.63) is 38.1 Å². The number of carbonyl (C=O) groups excluding carboxylic acids is 1. The van der Waals surface area contributed by atoms with Crippen molar-refractivity contribution in [3.8, 4) is 0 Å². The number of hydrogen-bond donors (Lipinski definition) is 2. The van der Waals surface area contributed by atoms with Crippen LogP contribution in [-0.4, -0.2) is 21.1 Å². The van der Waals surface area contributed by atoms with Gasteiger partial charge in [-0.05, 0) is 56.7 Å². The van der Waals surface area contributed by atoms with Crippen molar-refractivity contribution in [3.63, 3.8) is 0 Å². The van der Waals surface area contributed by atoms with E-state index in [-0.39, 0.29) is 5.91 Å². The number of halogens is 2. The van der Waals surface area contributed by atoms with Crippen molar-refractivity contribution in [2.45, 2.75) is 0 Å². The molecule has 1 heterocycles. The number of amides is 1. The molecule has 1 aromatic heterocycles. The highest BCUT2D eigenvalue weighted by Gasteiger charge is 2.11. The average Bonchev–Trinajstić information content (AvgIpc) is 2.74. The maximum atomic E-state index is 11.9. The maximum Gasteiger partial charge on any atom is 0.259 e. The molecule has 7 heteroatoms. The molecular formula is C9H6BrIN4O. The molecule has 0 aliphatic carbocycles. The van der Waals surface area contributed by atoms with Crippen LogP contribution in [-0.2, 0) is 0 Å². The first-order valence-electron chi connectivity index (χ1n) is 4.28. The van der Waals surface area contributed by atoms with E-state index >= 15 is 0 Å². The van der Waals surface area contributed by atoms with E-state index in [1.54, 1.807) is 6.07 Å². The molecule has 0 radical (unpaired) electrons. The second kappa shape index (κ2) is 4.91. The summed E-state index contributed by atoms with van der Waals surface area (Å²) < 4.78 is 1.73. The van der Waals surface area contributed by atoms with Crippen LogP contribution in [0.5, 0.6) is 0 Å². The third-order valence-corrected chi connectivity index (χ3v) is 3.18. The van der Waals surface area contributed by atoms with Crippen LogP contribution >= 0.6 is 38.5 Å². The van der Waals surface area contributed by atoms with Crippen molar-refractivity contribution >= 4 is 50.4 Å². The summed E-state index contributed by atoms with van der Waals surface area (Å²) in [4.78, 5) is 15.7. The first kappa shape index (κ1) is 11.5. The summed E-state index contributed by atoms with van der Waals surface area (Å²) in [5.74, 6) is 0.0953. The number of aromatic amines is 1. The largest absolute Gasteiger partial charge is 0.291 e. The standard InChI is InChI=1S/C9H6BrIN4O/c10-7-2-1-5(11)3-6(7)8(16)14-9-12-4-13-15-9/h1-4H,(H2,12,13,14,15,16). The Morgan fingerprint density at radius 1 is 1.50 bits per heavy atom. The minimum atomic E-state index is -0.234. The predicted molar refractivity (Wildman–Crippen MR) is 71.2 cm³/mol. The monoisotopic (exact) mass is 392 g/mol. The van der Waals surface area contributed by atoms with Gasteiger partial charge in [-0.1, -0.05) is 0 Å². The molecule has 2 N–H and O–H groups in total. The Morgan fingerprint density at radius 3 is 3.00 bits per heavy atom. The van der Waals surface area contributed by atoms with Gasteiger partial charge in [0.05, 0.1) is 5.56 Å². The number of rotatable bonds is 2. The van der Waals surface area contributed by atoms with Crippen LogP contribution < -0.4 is 5.32 Å². The summed E-state index contributed by atoms with van der Waals surface area (Å²) in [5.41, 5.74) is 0.559. The lowest BCUT2D eigenvalue weighted by Gasteiger charge is -2.04. The number of carbonyl (C=O) groups is 1. The van der Waals surface area contributed by atoms with Crippen LogP contribution in [0.3, 0.4) is 0 Å². The van der Waals surface area contributed by atoms with Crippen LogP contribution in [0.2, 0.25) is 0 Å². The van der Waals surface area contributed by atoms with Gasteiger partial charge in [-0.3, -0.25) is 10.1 Å². The number of H-pyrrole nitrogens is 1. The van der Waals surface area contributed by atoms with Crippen molar-refractivity contribution in [1.82, 2.24) is 15.2 Å². The van der Waals surface area contributed by atoms with Gasteiger partial charge in [0.2, 0.25) is 5.95 Å². The first-order valence-corrected chi connectivity index (χ1v) is 6.16. The Bertz CT molecular complexity index is 514. The molecule has 16 heavy (non-hydrogen) atoms. The van der Waals surface area contributed by atoms with E-state index in [0.717, 1.165) is 8.04 Å². The van der Waals surface area contributed by atoms with Crippen molar-refractivity contribution in [2.24, 2.45) is 0 Å². The lowest BCUT2D eigenvalue weighted by atomic mass is 10.2. The number of aromatic nitrogens is 3. The van der Waals surface area contributed by atoms with Crippen molar-refractivity contribution < 1.29 is 4.79 Å². The van der Waals surface area contributed by atoms with Gasteiger partial charge in [0.15, 0.2) is 0 Å². The number of nitrogens with one attached hydrogen (secondary N) is 2. The number of nitrogens with zero attached hydrogens (tertiary/aromatic N) is 2. The lowest BCUT2D eigenvalue weighted by Crippen LogP contribution is -2.13. The molecule has 5 nitrogen and oxygen atoms in total. The van der Waals surface area contributed by atoms with Crippen LogP contribution in [0, 0.1) is 3.57 Å². The molecule has 0 saturated heterocycles. The van der Waals surface area contributed by atoms with Crippen LogP contribution in [0.15, 0.2) is 29.0 Å². The molecule has 2 rings (SSSR count). The molecule has 0 spiro atoms. The molecule has 0 saturated carbocycles. The van der Waals surface area contributed by atoms with Gasteiger partial charge in [-0.2, -0.15) is 10.1 Å². The second-order valence-corrected chi connectivity index (χ2v) is 5.01. The Kier molecular flexibility index (Phi) is 3.54. The highest BCUT2D eigenvalue weighted by molar-refractivity contribution is 14.1. The van der Waals surface area contributed by atoms with E-state index in [1.807, 2.05) is 12.1 Å². The van der Waals surface area contributed by atoms with Crippen molar-refractivity contribution in [2.75, 3.05) is 5.32 Å². The van der Waals surface area contributed by atoms with E-state index in [1.165, 1.54) is 6.33 Å². The summed E-state index contributed by atoms with van der Waals surface area (Å²) in [6.45, 7) is 0. The van der Waals surface area contributed by atoms with E-state index in [9.17, 15) is 4.79 Å². The Labute approximate surface area is 113 Å². The molecule has 0 bridgehead atoms. The Hall–Kier alpha value is -0.960. The minimum Gasteiger partial charge on any atom is -0.291 e. The summed E-state index contributed by atoms with van der Waals surface area (Å²) in [5, 5.41) is 8.81. The topological polar surface area (TPSA) is 70.7 Å². The highest BCUT2D eigenvalue weighted by atomic mass is 127. The molecule has 0 atom stereocenters. The fourth-order valence-electron chi connectivity index (χ4n) is 1.11. The predicted octanol–water partition coefficient (Wildman–Crippen LogP) is 2.42. The zero-order chi connectivity index (χ0) is 11.5. The summed E-state index contributed by atoms with van der Waals surface area (Å²) >= 11 is 5.47. The van der Waals surface area contributed by atoms with Crippen LogP contribution in [0.25, 0.3) is 0 Å². The highest BCUT2D eigenvalue weighted by Crippen LogP contribution is 2.20. The molecule has 82 valence electrons. The molecule has 0 fully saturated rings. The normalized spacial score (nSPS) is 10.1. The van der Waals surface area contributed by atoms with Gasteiger partial charge in [0, 0.05) is 8.04 Å². The fraction of sp³-hybridized carbons (Fsp3) is 0. The van der Waals surface area contributed by atoms with Gasteiger partial charge in [-0.25, -0.2) is 5.10 Å². The third-order valence-electron chi connectivity index (χ3n) is 1.82. The number of benzene rings is 1. The van der Waals surface area contributed by atoms with Gasteiger partial charge >= 0.3 is 0 Å². The minimum absolute atomic E-state index is 0.234. The first-order chi connectivity index (χ1) is 7.66. The molecular weight excluding hydrogens is 387 g/mol. The Balaban J connectivity index is 2.24. The quantitative estimate of drug-likeness (QED) is 0.771. The smallest absolute Gasteiger partial charge is 0.259 e. The zero-order valence-corrected chi connectivity index (χ0v) is 11.6. The van der Waals surface area contributed by atoms with Crippen LogP contribution in [0.4, 0.5) is 5.95 Å². The molecule has 0 aliphatic heterocycles. The third kappa shape index (κ3) is 2.59. The lowest BCUT2D eigenvalue weighted by molar-refractivity contribution is 0.102. The number of anilines is 1. The summed E-state index contributed by atoms with van der Waals surface area (Å²) in [6, 6.07) is 5.53. The zero-order valence-electron chi connectivity index (χ0n) is 7.87. The number of hydrogen-bond acceptors (Lipinski definition) is 3. The van der Waals surface area contributed by atoms with E-state index < -0.39 is 0 Å². The van der Waals surface area contributed by atoms with E-state index in [4.69, 9.17) is 0 Å². The molecule has 0 aliphatic rings. The van der Waals surface area contributed by atoms with Gasteiger partial charge < -0.3 is 0 Å².